The molecular formula is C15H17NOS. The second kappa shape index (κ2) is 5.83. The van der Waals surface area contributed by atoms with Crippen LogP contribution in [-0.4, -0.2) is 18.9 Å². The molecule has 1 heterocycles. The van der Waals surface area contributed by atoms with Crippen LogP contribution in [0.5, 0.6) is 0 Å². The van der Waals surface area contributed by atoms with E-state index in [9.17, 15) is 4.79 Å². The second-order valence-electron chi connectivity index (χ2n) is 4.25. The first-order chi connectivity index (χ1) is 8.70. The molecule has 0 bridgehead atoms. The predicted molar refractivity (Wildman–Crippen MR) is 77.7 cm³/mol. The van der Waals surface area contributed by atoms with Crippen molar-refractivity contribution in [1.82, 2.24) is 0 Å². The van der Waals surface area contributed by atoms with Crippen molar-refractivity contribution in [2.45, 2.75) is 13.8 Å². The van der Waals surface area contributed by atoms with Crippen LogP contribution >= 0.6 is 11.3 Å². The maximum atomic E-state index is 12.1. The van der Waals surface area contributed by atoms with Crippen molar-refractivity contribution in [1.29, 1.82) is 0 Å². The summed E-state index contributed by atoms with van der Waals surface area (Å²) in [6, 6.07) is 12.1. The second-order valence-corrected chi connectivity index (χ2v) is 5.20. The molecular weight excluding hydrogens is 242 g/mol. The van der Waals surface area contributed by atoms with Gasteiger partial charge in [-0.3, -0.25) is 4.79 Å². The van der Waals surface area contributed by atoms with Gasteiger partial charge in [-0.15, -0.1) is 11.3 Å². The molecule has 0 spiro atoms. The topological polar surface area (TPSA) is 20.3 Å². The summed E-state index contributed by atoms with van der Waals surface area (Å²) in [6.45, 7) is 5.42. The van der Waals surface area contributed by atoms with Crippen LogP contribution in [0.25, 0.3) is 0 Å². The van der Waals surface area contributed by atoms with Gasteiger partial charge in [0.1, 0.15) is 0 Å². The quantitative estimate of drug-likeness (QED) is 0.762. The molecule has 0 saturated heterocycles. The van der Waals surface area contributed by atoms with E-state index in [4.69, 9.17) is 0 Å². The summed E-state index contributed by atoms with van der Waals surface area (Å²) in [5, 5.41) is 1.94. The van der Waals surface area contributed by atoms with E-state index in [0.29, 0.717) is 6.54 Å². The molecule has 1 aromatic heterocycles. The summed E-state index contributed by atoms with van der Waals surface area (Å²) in [4.78, 5) is 15.0. The minimum Gasteiger partial charge on any atom is -0.364 e. The third-order valence-corrected chi connectivity index (χ3v) is 3.79. The fraction of sp³-hybridized carbons (Fsp3) is 0.267. The molecule has 0 N–H and O–H groups in total. The van der Waals surface area contributed by atoms with E-state index in [1.54, 1.807) is 0 Å². The number of carbonyl (C=O) groups excluding carboxylic acids is 1. The highest BCUT2D eigenvalue weighted by Gasteiger charge is 2.12. The Balaban J connectivity index is 2.13. The van der Waals surface area contributed by atoms with Gasteiger partial charge in [-0.2, -0.15) is 0 Å². The van der Waals surface area contributed by atoms with Crippen molar-refractivity contribution < 1.29 is 4.79 Å². The maximum Gasteiger partial charge on any atom is 0.191 e. The number of nitrogens with zero attached hydrogens (tertiary/aromatic N) is 1. The molecule has 0 atom stereocenters. The maximum absolute atomic E-state index is 12.1. The van der Waals surface area contributed by atoms with E-state index in [2.05, 4.69) is 36.9 Å². The van der Waals surface area contributed by atoms with E-state index in [1.165, 1.54) is 16.9 Å². The Kier molecular flexibility index (Phi) is 4.15. The number of aryl methyl sites for hydroxylation is 1. The van der Waals surface area contributed by atoms with Crippen molar-refractivity contribution in [2.24, 2.45) is 0 Å². The van der Waals surface area contributed by atoms with Crippen LogP contribution in [-0.2, 0) is 0 Å². The number of anilines is 1. The Morgan fingerprint density at radius 1 is 1.28 bits per heavy atom. The Labute approximate surface area is 112 Å². The van der Waals surface area contributed by atoms with Gasteiger partial charge in [0.2, 0.25) is 0 Å². The lowest BCUT2D eigenvalue weighted by atomic mass is 10.2. The van der Waals surface area contributed by atoms with E-state index in [1.807, 2.05) is 23.6 Å². The lowest BCUT2D eigenvalue weighted by molar-refractivity contribution is 0.100. The van der Waals surface area contributed by atoms with Crippen LogP contribution in [0.3, 0.4) is 0 Å². The largest absolute Gasteiger partial charge is 0.364 e. The van der Waals surface area contributed by atoms with E-state index >= 15 is 0 Å². The fourth-order valence-corrected chi connectivity index (χ4v) is 2.56. The smallest absolute Gasteiger partial charge is 0.191 e. The van der Waals surface area contributed by atoms with Gasteiger partial charge in [-0.1, -0.05) is 18.2 Å². The number of Topliss-reactive ketones (excluding diaryl/α,β-unsaturated/α-hetero) is 1. The van der Waals surface area contributed by atoms with Crippen LogP contribution in [0, 0.1) is 6.92 Å². The van der Waals surface area contributed by atoms with Gasteiger partial charge >= 0.3 is 0 Å². The number of thiophene rings is 1. The number of likely N-dealkylation sites (N-methyl/N-ethyl adjacent to an activating group) is 1. The monoisotopic (exact) mass is 259 g/mol. The highest BCUT2D eigenvalue weighted by Crippen LogP contribution is 2.17. The zero-order chi connectivity index (χ0) is 13.0. The van der Waals surface area contributed by atoms with Gasteiger partial charge in [0.15, 0.2) is 5.78 Å². The van der Waals surface area contributed by atoms with Crippen LogP contribution in [0.2, 0.25) is 0 Å². The molecule has 1 aromatic carbocycles. The van der Waals surface area contributed by atoms with Gasteiger partial charge in [0.05, 0.1) is 11.4 Å². The predicted octanol–water partition coefficient (Wildman–Crippen LogP) is 3.77. The summed E-state index contributed by atoms with van der Waals surface area (Å²) < 4.78 is 0. The molecule has 0 radical (unpaired) electrons. The Morgan fingerprint density at radius 2 is 2.11 bits per heavy atom. The molecule has 0 aliphatic heterocycles. The molecule has 94 valence electrons. The average molecular weight is 259 g/mol. The number of rotatable bonds is 5. The van der Waals surface area contributed by atoms with Crippen molar-refractivity contribution in [3.05, 3.63) is 52.2 Å². The van der Waals surface area contributed by atoms with Gasteiger partial charge in [0, 0.05) is 12.2 Å². The van der Waals surface area contributed by atoms with Crippen molar-refractivity contribution >= 4 is 22.8 Å². The summed E-state index contributed by atoms with van der Waals surface area (Å²) in [5.41, 5.74) is 2.33. The van der Waals surface area contributed by atoms with Crippen LogP contribution < -0.4 is 4.90 Å². The molecule has 0 aliphatic rings. The summed E-state index contributed by atoms with van der Waals surface area (Å²) >= 11 is 1.51. The third-order valence-electron chi connectivity index (χ3n) is 2.88. The molecule has 2 nitrogen and oxygen atoms in total. The molecule has 0 unspecified atom stereocenters. The molecule has 0 amide bonds. The summed E-state index contributed by atoms with van der Waals surface area (Å²) in [5.74, 6) is 0.188. The number of benzene rings is 1. The standard InChI is InChI=1S/C15H17NOS/c1-3-16(13-7-4-6-12(2)10-13)11-14(17)15-8-5-9-18-15/h4-10H,3,11H2,1-2H3. The number of ketones is 1. The minimum atomic E-state index is 0.188. The van der Waals surface area contributed by atoms with Crippen molar-refractivity contribution in [2.75, 3.05) is 18.0 Å². The summed E-state index contributed by atoms with van der Waals surface area (Å²) in [7, 11) is 0. The highest BCUT2D eigenvalue weighted by molar-refractivity contribution is 7.12. The van der Waals surface area contributed by atoms with Gasteiger partial charge < -0.3 is 4.90 Å². The number of hydrogen-bond acceptors (Lipinski definition) is 3. The van der Waals surface area contributed by atoms with Gasteiger partial charge in [-0.25, -0.2) is 0 Å². The lowest BCUT2D eigenvalue weighted by Gasteiger charge is -2.22. The Hall–Kier alpha value is -1.61. The summed E-state index contributed by atoms with van der Waals surface area (Å²) in [6.07, 6.45) is 0. The molecule has 0 aliphatic carbocycles. The van der Waals surface area contributed by atoms with Gasteiger partial charge in [-0.05, 0) is 43.0 Å². The molecule has 3 heteroatoms. The zero-order valence-corrected chi connectivity index (χ0v) is 11.5. The number of hydrogen-bond donors (Lipinski definition) is 0. The third kappa shape index (κ3) is 2.99. The fourth-order valence-electron chi connectivity index (χ4n) is 1.90. The highest BCUT2D eigenvalue weighted by atomic mass is 32.1. The Morgan fingerprint density at radius 3 is 2.72 bits per heavy atom. The van der Waals surface area contributed by atoms with E-state index in [-0.39, 0.29) is 5.78 Å². The SMILES string of the molecule is CCN(CC(=O)c1cccs1)c1cccc(C)c1. The molecule has 2 rings (SSSR count). The molecule has 0 fully saturated rings. The molecule has 0 saturated carbocycles. The Bertz CT molecular complexity index is 519. The van der Waals surface area contributed by atoms with Crippen molar-refractivity contribution in [3.8, 4) is 0 Å². The average Bonchev–Trinajstić information content (AvgIpc) is 2.89. The molecule has 18 heavy (non-hydrogen) atoms. The van der Waals surface area contributed by atoms with Crippen molar-refractivity contribution in [3.63, 3.8) is 0 Å². The van der Waals surface area contributed by atoms with Gasteiger partial charge in [0.25, 0.3) is 0 Å². The van der Waals surface area contributed by atoms with Crippen LogP contribution in [0.4, 0.5) is 5.69 Å². The first-order valence-electron chi connectivity index (χ1n) is 6.09. The molecule has 2 aromatic rings. The van der Waals surface area contributed by atoms with Crippen LogP contribution in [0.1, 0.15) is 22.2 Å². The minimum absolute atomic E-state index is 0.188. The lowest BCUT2D eigenvalue weighted by Crippen LogP contribution is -2.29. The first kappa shape index (κ1) is 12.8. The van der Waals surface area contributed by atoms with Crippen LogP contribution in [0.15, 0.2) is 41.8 Å². The normalized spacial score (nSPS) is 10.3. The number of carbonyl (C=O) groups is 1. The van der Waals surface area contributed by atoms with E-state index < -0.39 is 0 Å². The first-order valence-corrected chi connectivity index (χ1v) is 6.97. The zero-order valence-electron chi connectivity index (χ0n) is 10.7. The van der Waals surface area contributed by atoms with E-state index in [0.717, 1.165) is 17.1 Å².